The van der Waals surface area contributed by atoms with E-state index in [1.165, 1.54) is 26.0 Å². The number of para-hydroxylation sites is 1. The zero-order valence-electron chi connectivity index (χ0n) is 18.1. The summed E-state index contributed by atoms with van der Waals surface area (Å²) in [5.74, 6) is 0.752. The molecule has 8 heteroatoms. The number of carbonyl (C=O) groups excluding carboxylic acids is 1. The van der Waals surface area contributed by atoms with Crippen molar-refractivity contribution in [3.8, 4) is 17.0 Å². The van der Waals surface area contributed by atoms with Crippen molar-refractivity contribution in [2.45, 2.75) is 12.8 Å². The molecule has 4 aromatic rings. The molecular formula is C25H22N4O4. The third kappa shape index (κ3) is 4.15. The van der Waals surface area contributed by atoms with E-state index >= 15 is 0 Å². The van der Waals surface area contributed by atoms with Crippen molar-refractivity contribution >= 4 is 28.4 Å². The van der Waals surface area contributed by atoms with Gasteiger partial charge in [0, 0.05) is 29.7 Å². The lowest BCUT2D eigenvalue weighted by atomic mass is 10.1. The number of nitrogens with one attached hydrogen (secondary N) is 1. The number of amides is 1. The summed E-state index contributed by atoms with van der Waals surface area (Å²) in [6.45, 7) is 2.01. The van der Waals surface area contributed by atoms with Gasteiger partial charge in [-0.25, -0.2) is 4.79 Å². The first-order valence-electron chi connectivity index (χ1n) is 10.7. The fourth-order valence-corrected chi connectivity index (χ4v) is 3.99. The van der Waals surface area contributed by atoms with Gasteiger partial charge in [-0.2, -0.15) is 0 Å². The summed E-state index contributed by atoms with van der Waals surface area (Å²) in [7, 11) is 1.49. The molecule has 1 fully saturated rings. The highest BCUT2D eigenvalue weighted by Crippen LogP contribution is 2.26. The van der Waals surface area contributed by atoms with Crippen LogP contribution in [0.4, 0.5) is 11.5 Å². The van der Waals surface area contributed by atoms with E-state index in [1.807, 2.05) is 24.3 Å². The lowest BCUT2D eigenvalue weighted by Gasteiger charge is -2.15. The summed E-state index contributed by atoms with van der Waals surface area (Å²) in [5.41, 5.74) is 1.53. The van der Waals surface area contributed by atoms with Crippen LogP contribution in [0.2, 0.25) is 0 Å². The van der Waals surface area contributed by atoms with Crippen LogP contribution in [0, 0.1) is 0 Å². The minimum absolute atomic E-state index is 0.0871. The molecule has 0 saturated carbocycles. The molecule has 2 aromatic carbocycles. The first-order valence-corrected chi connectivity index (χ1v) is 10.7. The number of hydrogen-bond donors (Lipinski definition) is 1. The van der Waals surface area contributed by atoms with Gasteiger partial charge in [0.15, 0.2) is 17.2 Å². The van der Waals surface area contributed by atoms with Crippen LogP contribution >= 0.6 is 0 Å². The maximum atomic E-state index is 12.8. The third-order valence-electron chi connectivity index (χ3n) is 5.69. The number of hydrogen-bond acceptors (Lipinski definition) is 7. The Balaban J connectivity index is 1.38. The van der Waals surface area contributed by atoms with Gasteiger partial charge < -0.3 is 19.4 Å². The van der Waals surface area contributed by atoms with Gasteiger partial charge in [0.2, 0.25) is 0 Å². The van der Waals surface area contributed by atoms with Crippen molar-refractivity contribution in [3.05, 3.63) is 76.6 Å². The standard InChI is InChI=1S/C25H22N4O4/c1-32-21-9-5-7-17-15-19(25(31)33-23(17)21)24(30)26-18-8-4-6-16(14-18)20-10-11-22(28-27-20)29-12-2-3-13-29/h4-11,14-15H,2-3,12-13H2,1H3,(H,26,30). The zero-order chi connectivity index (χ0) is 22.8. The van der Waals surface area contributed by atoms with Crippen molar-refractivity contribution in [2.24, 2.45) is 0 Å². The topological polar surface area (TPSA) is 97.6 Å². The van der Waals surface area contributed by atoms with Gasteiger partial charge in [-0.05, 0) is 49.2 Å². The molecule has 0 atom stereocenters. The van der Waals surface area contributed by atoms with Crippen LogP contribution < -0.4 is 20.6 Å². The van der Waals surface area contributed by atoms with Crippen LogP contribution in [-0.4, -0.2) is 36.3 Å². The van der Waals surface area contributed by atoms with Crippen LogP contribution in [0.3, 0.4) is 0 Å². The Morgan fingerprint density at radius 1 is 1.03 bits per heavy atom. The highest BCUT2D eigenvalue weighted by atomic mass is 16.5. The smallest absolute Gasteiger partial charge is 0.349 e. The van der Waals surface area contributed by atoms with Crippen molar-refractivity contribution in [2.75, 3.05) is 30.4 Å². The number of aromatic nitrogens is 2. The second kappa shape index (κ2) is 8.74. The summed E-state index contributed by atoms with van der Waals surface area (Å²) in [4.78, 5) is 27.5. The van der Waals surface area contributed by atoms with Gasteiger partial charge in [0.1, 0.15) is 5.56 Å². The highest BCUT2D eigenvalue weighted by Gasteiger charge is 2.17. The lowest BCUT2D eigenvalue weighted by Crippen LogP contribution is -2.20. The molecule has 0 spiro atoms. The Bertz CT molecular complexity index is 1380. The number of ether oxygens (including phenoxy) is 1. The van der Waals surface area contributed by atoms with Gasteiger partial charge in [-0.1, -0.05) is 24.3 Å². The number of fused-ring (bicyclic) bond motifs is 1. The van der Waals surface area contributed by atoms with Gasteiger partial charge in [-0.15, -0.1) is 10.2 Å². The van der Waals surface area contributed by atoms with E-state index in [-0.39, 0.29) is 5.56 Å². The predicted octanol–water partition coefficient (Wildman–Crippen LogP) is 4.11. The van der Waals surface area contributed by atoms with Crippen LogP contribution in [0.5, 0.6) is 5.75 Å². The van der Waals surface area contributed by atoms with E-state index < -0.39 is 11.5 Å². The number of nitrogens with zero attached hydrogens (tertiary/aromatic N) is 3. The van der Waals surface area contributed by atoms with Crippen molar-refractivity contribution < 1.29 is 13.9 Å². The minimum Gasteiger partial charge on any atom is -0.493 e. The van der Waals surface area contributed by atoms with E-state index in [0.717, 1.165) is 24.5 Å². The average molecular weight is 442 g/mol. The molecule has 1 N–H and O–H groups in total. The Morgan fingerprint density at radius 3 is 2.61 bits per heavy atom. The maximum Gasteiger partial charge on any atom is 0.349 e. The van der Waals surface area contributed by atoms with Gasteiger partial charge >= 0.3 is 5.63 Å². The van der Waals surface area contributed by atoms with Crippen LogP contribution in [0.15, 0.2) is 69.9 Å². The number of rotatable bonds is 5. The van der Waals surface area contributed by atoms with E-state index in [0.29, 0.717) is 28.1 Å². The van der Waals surface area contributed by atoms with Crippen molar-refractivity contribution in [3.63, 3.8) is 0 Å². The third-order valence-corrected chi connectivity index (χ3v) is 5.69. The molecular weight excluding hydrogens is 420 g/mol. The van der Waals surface area contributed by atoms with E-state index in [9.17, 15) is 9.59 Å². The molecule has 0 aliphatic carbocycles. The molecule has 1 amide bonds. The number of benzene rings is 2. The summed E-state index contributed by atoms with van der Waals surface area (Å²) < 4.78 is 10.6. The second-order valence-corrected chi connectivity index (χ2v) is 7.83. The summed E-state index contributed by atoms with van der Waals surface area (Å²) >= 11 is 0. The van der Waals surface area contributed by atoms with Crippen LogP contribution in [-0.2, 0) is 0 Å². The molecule has 0 radical (unpaired) electrons. The summed E-state index contributed by atoms with van der Waals surface area (Å²) in [6, 6.07) is 17.9. The Morgan fingerprint density at radius 2 is 1.85 bits per heavy atom. The molecule has 2 aromatic heterocycles. The first kappa shape index (κ1) is 20.7. The lowest BCUT2D eigenvalue weighted by molar-refractivity contribution is 0.102. The maximum absolute atomic E-state index is 12.8. The van der Waals surface area contributed by atoms with Gasteiger partial charge in [-0.3, -0.25) is 4.79 Å². The zero-order valence-corrected chi connectivity index (χ0v) is 18.1. The molecule has 1 aliphatic rings. The molecule has 0 bridgehead atoms. The number of carbonyl (C=O) groups is 1. The fraction of sp³-hybridized carbons (Fsp3) is 0.200. The predicted molar refractivity (Wildman–Crippen MR) is 126 cm³/mol. The summed E-state index contributed by atoms with van der Waals surface area (Å²) in [6.07, 6.45) is 2.35. The van der Waals surface area contributed by atoms with E-state index in [4.69, 9.17) is 9.15 Å². The highest BCUT2D eigenvalue weighted by molar-refractivity contribution is 6.05. The van der Waals surface area contributed by atoms with E-state index in [2.05, 4.69) is 20.4 Å². The van der Waals surface area contributed by atoms with Crippen molar-refractivity contribution in [1.29, 1.82) is 0 Å². The fourth-order valence-electron chi connectivity index (χ4n) is 3.99. The van der Waals surface area contributed by atoms with Gasteiger partial charge in [0.25, 0.3) is 5.91 Å². The molecule has 0 unspecified atom stereocenters. The SMILES string of the molecule is COc1cccc2cc(C(=O)Nc3cccc(-c4ccc(N5CCCC5)nn4)c3)c(=O)oc12. The van der Waals surface area contributed by atoms with E-state index in [1.54, 1.807) is 30.3 Å². The Hall–Kier alpha value is -4.20. The molecule has 3 heterocycles. The normalized spacial score (nSPS) is 13.3. The molecule has 1 saturated heterocycles. The minimum atomic E-state index is -0.732. The van der Waals surface area contributed by atoms with Crippen LogP contribution in [0.25, 0.3) is 22.2 Å². The number of anilines is 2. The molecule has 8 nitrogen and oxygen atoms in total. The van der Waals surface area contributed by atoms with Crippen molar-refractivity contribution in [1.82, 2.24) is 10.2 Å². The van der Waals surface area contributed by atoms with Crippen LogP contribution in [0.1, 0.15) is 23.2 Å². The Labute approximate surface area is 189 Å². The molecule has 1 aliphatic heterocycles. The molecule has 5 rings (SSSR count). The molecule has 33 heavy (non-hydrogen) atoms. The summed E-state index contributed by atoms with van der Waals surface area (Å²) in [5, 5.41) is 12.1. The second-order valence-electron chi connectivity index (χ2n) is 7.83. The Kier molecular flexibility index (Phi) is 5.48. The molecule has 166 valence electrons. The average Bonchev–Trinajstić information content (AvgIpc) is 3.38. The monoisotopic (exact) mass is 442 g/mol. The quantitative estimate of drug-likeness (QED) is 0.465. The van der Waals surface area contributed by atoms with Gasteiger partial charge in [0.05, 0.1) is 12.8 Å². The first-order chi connectivity index (χ1) is 16.1. The largest absolute Gasteiger partial charge is 0.493 e. The number of methoxy groups -OCH3 is 1.